The average Bonchev–Trinajstić information content (AvgIpc) is 2.94. The maximum Gasteiger partial charge on any atom is 0.105 e. The molecule has 0 amide bonds. The molecule has 18 heavy (non-hydrogen) atoms. The van der Waals surface area contributed by atoms with Gasteiger partial charge in [-0.15, -0.1) is 0 Å². The van der Waals surface area contributed by atoms with Gasteiger partial charge in [0, 0.05) is 32.0 Å². The highest BCUT2D eigenvalue weighted by atomic mass is 15.2. The average molecular weight is 242 g/mol. The highest BCUT2D eigenvalue weighted by molar-refractivity contribution is 5.74. The molecule has 1 aromatic carbocycles. The standard InChI is InChI=1S/C14H18N4/c1-11-16-6-8-17(11)9-10-18-7-5-12-3-2-4-13(15)14(12)18/h2-4,6,8H,5,7,9-10,15H2,1H3. The Morgan fingerprint density at radius 2 is 2.22 bits per heavy atom. The summed E-state index contributed by atoms with van der Waals surface area (Å²) >= 11 is 0. The minimum atomic E-state index is 0.896. The second kappa shape index (κ2) is 4.37. The van der Waals surface area contributed by atoms with Crippen LogP contribution in [-0.4, -0.2) is 22.6 Å². The number of hydrogen-bond acceptors (Lipinski definition) is 3. The molecule has 0 atom stereocenters. The van der Waals surface area contributed by atoms with Crippen LogP contribution >= 0.6 is 0 Å². The predicted octanol–water partition coefficient (Wildman–Crippen LogP) is 1.84. The third kappa shape index (κ3) is 1.83. The largest absolute Gasteiger partial charge is 0.397 e. The molecular formula is C14H18N4. The molecule has 1 aliphatic rings. The fraction of sp³-hybridized carbons (Fsp3) is 0.357. The van der Waals surface area contributed by atoms with E-state index in [1.165, 1.54) is 11.3 Å². The minimum Gasteiger partial charge on any atom is -0.397 e. The number of hydrogen-bond donors (Lipinski definition) is 1. The van der Waals surface area contributed by atoms with Crippen LogP contribution in [-0.2, 0) is 13.0 Å². The topological polar surface area (TPSA) is 47.1 Å². The lowest BCUT2D eigenvalue weighted by Crippen LogP contribution is -2.26. The third-order valence-electron chi connectivity index (χ3n) is 3.65. The molecular weight excluding hydrogens is 224 g/mol. The zero-order chi connectivity index (χ0) is 12.5. The summed E-state index contributed by atoms with van der Waals surface area (Å²) in [7, 11) is 0. The number of nitrogen functional groups attached to an aromatic ring is 1. The Labute approximate surface area is 107 Å². The van der Waals surface area contributed by atoms with Crippen molar-refractivity contribution in [3.8, 4) is 0 Å². The number of rotatable bonds is 3. The monoisotopic (exact) mass is 242 g/mol. The van der Waals surface area contributed by atoms with E-state index in [1.807, 2.05) is 31.5 Å². The van der Waals surface area contributed by atoms with Crippen LogP contribution in [0.15, 0.2) is 30.6 Å². The second-order valence-corrected chi connectivity index (χ2v) is 4.76. The molecule has 0 spiro atoms. The lowest BCUT2D eigenvalue weighted by atomic mass is 10.1. The highest BCUT2D eigenvalue weighted by Crippen LogP contribution is 2.33. The molecule has 0 unspecified atom stereocenters. The Bertz CT molecular complexity index is 559. The molecule has 2 aromatic rings. The van der Waals surface area contributed by atoms with Gasteiger partial charge in [0.2, 0.25) is 0 Å². The van der Waals surface area contributed by atoms with Crippen LogP contribution in [0.4, 0.5) is 11.4 Å². The molecule has 1 aromatic heterocycles. The summed E-state index contributed by atoms with van der Waals surface area (Å²) in [4.78, 5) is 6.62. The first kappa shape index (κ1) is 11.1. The van der Waals surface area contributed by atoms with Crippen molar-refractivity contribution in [2.24, 2.45) is 0 Å². The number of nitrogens with two attached hydrogens (primary N) is 1. The van der Waals surface area contributed by atoms with E-state index in [-0.39, 0.29) is 0 Å². The van der Waals surface area contributed by atoms with Gasteiger partial charge in [0.25, 0.3) is 0 Å². The van der Waals surface area contributed by atoms with E-state index in [9.17, 15) is 0 Å². The van der Waals surface area contributed by atoms with Crippen molar-refractivity contribution in [3.63, 3.8) is 0 Å². The molecule has 2 N–H and O–H groups in total. The summed E-state index contributed by atoms with van der Waals surface area (Å²) in [5.74, 6) is 1.07. The Kier molecular flexibility index (Phi) is 2.70. The van der Waals surface area contributed by atoms with Gasteiger partial charge in [0.1, 0.15) is 5.82 Å². The number of para-hydroxylation sites is 1. The smallest absolute Gasteiger partial charge is 0.105 e. The minimum absolute atomic E-state index is 0.896. The quantitative estimate of drug-likeness (QED) is 0.835. The van der Waals surface area contributed by atoms with Crippen molar-refractivity contribution in [3.05, 3.63) is 42.0 Å². The van der Waals surface area contributed by atoms with E-state index in [1.54, 1.807) is 0 Å². The van der Waals surface area contributed by atoms with Gasteiger partial charge in [0.05, 0.1) is 11.4 Å². The SMILES string of the molecule is Cc1nccn1CCN1CCc2cccc(N)c21. The number of aromatic nitrogens is 2. The first-order valence-corrected chi connectivity index (χ1v) is 6.36. The van der Waals surface area contributed by atoms with Gasteiger partial charge in [0.15, 0.2) is 0 Å². The number of benzene rings is 1. The maximum atomic E-state index is 6.08. The molecule has 0 saturated carbocycles. The van der Waals surface area contributed by atoms with Crippen molar-refractivity contribution in [1.29, 1.82) is 0 Å². The zero-order valence-corrected chi connectivity index (χ0v) is 10.6. The first-order chi connectivity index (χ1) is 8.75. The first-order valence-electron chi connectivity index (χ1n) is 6.36. The summed E-state index contributed by atoms with van der Waals surface area (Å²) in [5.41, 5.74) is 9.58. The third-order valence-corrected chi connectivity index (χ3v) is 3.65. The van der Waals surface area contributed by atoms with Crippen LogP contribution in [0.25, 0.3) is 0 Å². The van der Waals surface area contributed by atoms with Crippen LogP contribution in [0, 0.1) is 6.92 Å². The van der Waals surface area contributed by atoms with E-state index >= 15 is 0 Å². The molecule has 0 fully saturated rings. The molecule has 4 nitrogen and oxygen atoms in total. The molecule has 2 heterocycles. The van der Waals surface area contributed by atoms with E-state index < -0.39 is 0 Å². The Hall–Kier alpha value is -1.97. The molecule has 4 heteroatoms. The second-order valence-electron chi connectivity index (χ2n) is 4.76. The highest BCUT2D eigenvalue weighted by Gasteiger charge is 2.20. The number of aryl methyl sites for hydroxylation is 1. The molecule has 94 valence electrons. The Morgan fingerprint density at radius 3 is 3.00 bits per heavy atom. The summed E-state index contributed by atoms with van der Waals surface area (Å²) in [6, 6.07) is 6.20. The lowest BCUT2D eigenvalue weighted by Gasteiger charge is -2.21. The summed E-state index contributed by atoms with van der Waals surface area (Å²) < 4.78 is 2.18. The predicted molar refractivity (Wildman–Crippen MR) is 73.7 cm³/mol. The van der Waals surface area contributed by atoms with Crippen LogP contribution < -0.4 is 10.6 Å². The van der Waals surface area contributed by atoms with Crippen molar-refractivity contribution in [2.75, 3.05) is 23.7 Å². The zero-order valence-electron chi connectivity index (χ0n) is 10.6. The van der Waals surface area contributed by atoms with Gasteiger partial charge in [-0.1, -0.05) is 12.1 Å². The molecule has 1 aliphatic heterocycles. The fourth-order valence-corrected chi connectivity index (χ4v) is 2.66. The molecule has 0 bridgehead atoms. The summed E-state index contributed by atoms with van der Waals surface area (Å²) in [6.07, 6.45) is 4.98. The van der Waals surface area contributed by atoms with Crippen molar-refractivity contribution in [1.82, 2.24) is 9.55 Å². The number of imidazole rings is 1. The molecule has 3 rings (SSSR count). The van der Waals surface area contributed by atoms with Gasteiger partial charge < -0.3 is 15.2 Å². The molecule has 0 radical (unpaired) electrons. The van der Waals surface area contributed by atoms with E-state index in [0.29, 0.717) is 0 Å². The molecule has 0 saturated heterocycles. The number of nitrogens with zero attached hydrogens (tertiary/aromatic N) is 3. The van der Waals surface area contributed by atoms with Gasteiger partial charge in [-0.3, -0.25) is 0 Å². The Morgan fingerprint density at radius 1 is 1.33 bits per heavy atom. The van der Waals surface area contributed by atoms with Crippen molar-refractivity contribution in [2.45, 2.75) is 19.9 Å². The summed E-state index contributed by atoms with van der Waals surface area (Å²) in [5, 5.41) is 0. The van der Waals surface area contributed by atoms with Crippen LogP contribution in [0.1, 0.15) is 11.4 Å². The molecule has 0 aliphatic carbocycles. The van der Waals surface area contributed by atoms with Crippen LogP contribution in [0.5, 0.6) is 0 Å². The van der Waals surface area contributed by atoms with Gasteiger partial charge >= 0.3 is 0 Å². The Balaban J connectivity index is 1.75. The maximum absolute atomic E-state index is 6.08. The van der Waals surface area contributed by atoms with Crippen LogP contribution in [0.2, 0.25) is 0 Å². The van der Waals surface area contributed by atoms with Gasteiger partial charge in [-0.2, -0.15) is 0 Å². The van der Waals surface area contributed by atoms with E-state index in [2.05, 4.69) is 20.5 Å². The number of fused-ring (bicyclic) bond motifs is 1. The van der Waals surface area contributed by atoms with Crippen molar-refractivity contribution < 1.29 is 0 Å². The van der Waals surface area contributed by atoms with Gasteiger partial charge in [-0.05, 0) is 25.0 Å². The van der Waals surface area contributed by atoms with Crippen LogP contribution in [0.3, 0.4) is 0 Å². The normalized spacial score (nSPS) is 13.9. The summed E-state index contributed by atoms with van der Waals surface area (Å²) in [6.45, 7) is 5.04. The lowest BCUT2D eigenvalue weighted by molar-refractivity contribution is 0.651. The van der Waals surface area contributed by atoms with Gasteiger partial charge in [-0.25, -0.2) is 4.98 Å². The van der Waals surface area contributed by atoms with E-state index in [0.717, 1.165) is 37.6 Å². The number of anilines is 2. The fourth-order valence-electron chi connectivity index (χ4n) is 2.66. The van der Waals surface area contributed by atoms with Crippen molar-refractivity contribution >= 4 is 11.4 Å². The van der Waals surface area contributed by atoms with E-state index in [4.69, 9.17) is 5.73 Å².